The number of benzene rings is 1. The van der Waals surface area contributed by atoms with Gasteiger partial charge in [0.05, 0.1) is 5.69 Å². The van der Waals surface area contributed by atoms with E-state index in [-0.39, 0.29) is 6.29 Å². The normalized spacial score (nSPS) is 11.5. The third-order valence-corrected chi connectivity index (χ3v) is 4.21. The summed E-state index contributed by atoms with van der Waals surface area (Å²) in [6.45, 7) is 4.26. The van der Waals surface area contributed by atoms with E-state index in [0.717, 1.165) is 17.0 Å². The summed E-state index contributed by atoms with van der Waals surface area (Å²) in [6.07, 6.45) is 1.73. The number of rotatable bonds is 7. The van der Waals surface area contributed by atoms with Crippen molar-refractivity contribution in [2.24, 2.45) is 0 Å². The van der Waals surface area contributed by atoms with Gasteiger partial charge in [0.1, 0.15) is 0 Å². The molecule has 0 unspecified atom stereocenters. The number of aromatic nitrogens is 2. The first-order valence-corrected chi connectivity index (χ1v) is 7.95. The van der Waals surface area contributed by atoms with Crippen molar-refractivity contribution in [1.29, 1.82) is 0 Å². The molecular formula is C16H22N2O2S. The Kier molecular flexibility index (Phi) is 5.85. The van der Waals surface area contributed by atoms with Gasteiger partial charge in [-0.15, -0.1) is 11.8 Å². The molecule has 21 heavy (non-hydrogen) atoms. The van der Waals surface area contributed by atoms with Crippen molar-refractivity contribution in [3.05, 3.63) is 47.8 Å². The highest BCUT2D eigenvalue weighted by atomic mass is 32.2. The van der Waals surface area contributed by atoms with E-state index in [2.05, 4.69) is 37.1 Å². The summed E-state index contributed by atoms with van der Waals surface area (Å²) in [5, 5.41) is 4.55. The van der Waals surface area contributed by atoms with E-state index in [1.54, 1.807) is 26.0 Å². The minimum atomic E-state index is -0.300. The van der Waals surface area contributed by atoms with E-state index < -0.39 is 0 Å². The number of thioether (sulfide) groups is 1. The van der Waals surface area contributed by atoms with Crippen LogP contribution in [0, 0.1) is 0 Å². The predicted molar refractivity (Wildman–Crippen MR) is 85.4 cm³/mol. The van der Waals surface area contributed by atoms with Gasteiger partial charge < -0.3 is 9.47 Å². The maximum atomic E-state index is 5.24. The molecule has 1 aromatic carbocycles. The monoisotopic (exact) mass is 306 g/mol. The van der Waals surface area contributed by atoms with Gasteiger partial charge in [-0.05, 0) is 32.0 Å². The average molecular weight is 306 g/mol. The second-order valence-electron chi connectivity index (χ2n) is 5.04. The molecule has 0 bridgehead atoms. The number of methoxy groups -OCH3 is 2. The Balaban J connectivity index is 1.94. The number of hydrogen-bond acceptors (Lipinski definition) is 4. The second-order valence-corrected chi connectivity index (χ2v) is 6.09. The summed E-state index contributed by atoms with van der Waals surface area (Å²) in [7, 11) is 3.28. The number of nitrogens with zero attached hydrogens (tertiary/aromatic N) is 2. The summed E-state index contributed by atoms with van der Waals surface area (Å²) in [4.78, 5) is 1.21. The summed E-state index contributed by atoms with van der Waals surface area (Å²) in [5.74, 6) is 0.872. The highest BCUT2D eigenvalue weighted by Gasteiger charge is 2.08. The van der Waals surface area contributed by atoms with Crippen LogP contribution < -0.4 is 0 Å². The molecule has 114 valence electrons. The van der Waals surface area contributed by atoms with E-state index in [1.165, 1.54) is 4.90 Å². The van der Waals surface area contributed by atoms with Crippen LogP contribution in [0.2, 0.25) is 0 Å². The lowest BCUT2D eigenvalue weighted by Crippen LogP contribution is -2.03. The smallest absolute Gasteiger partial charge is 0.183 e. The molecule has 2 aromatic rings. The quantitative estimate of drug-likeness (QED) is 0.571. The third kappa shape index (κ3) is 4.33. The Morgan fingerprint density at radius 2 is 1.76 bits per heavy atom. The topological polar surface area (TPSA) is 36.3 Å². The number of ether oxygens (including phenoxy) is 2. The molecule has 0 aliphatic rings. The highest BCUT2D eigenvalue weighted by Crippen LogP contribution is 2.25. The van der Waals surface area contributed by atoms with Crippen LogP contribution in [0.1, 0.15) is 37.4 Å². The maximum absolute atomic E-state index is 5.24. The Hall–Kier alpha value is -1.30. The molecule has 0 amide bonds. The van der Waals surface area contributed by atoms with Crippen LogP contribution in [-0.2, 0) is 15.2 Å². The fourth-order valence-corrected chi connectivity index (χ4v) is 2.79. The first kappa shape index (κ1) is 16.1. The van der Waals surface area contributed by atoms with Gasteiger partial charge in [-0.3, -0.25) is 4.68 Å². The fraction of sp³-hybridized carbons (Fsp3) is 0.438. The van der Waals surface area contributed by atoms with E-state index in [1.807, 2.05) is 23.0 Å². The standard InChI is InChI=1S/C16H22N2O2S/c1-12(2)18-10-9-14(17-18)11-21-15-7-5-13(6-8-15)16(19-3)20-4/h5-10,12,16H,11H2,1-4H3. The van der Waals surface area contributed by atoms with Gasteiger partial charge in [0, 0.05) is 42.7 Å². The molecule has 0 fully saturated rings. The molecule has 0 saturated carbocycles. The Morgan fingerprint density at radius 1 is 1.10 bits per heavy atom. The molecule has 5 heteroatoms. The molecule has 4 nitrogen and oxygen atoms in total. The van der Waals surface area contributed by atoms with Gasteiger partial charge in [-0.1, -0.05) is 12.1 Å². The van der Waals surface area contributed by atoms with Gasteiger partial charge >= 0.3 is 0 Å². The number of hydrogen-bond donors (Lipinski definition) is 0. The molecule has 0 saturated heterocycles. The fourth-order valence-electron chi connectivity index (χ4n) is 1.99. The maximum Gasteiger partial charge on any atom is 0.183 e. The van der Waals surface area contributed by atoms with Crippen LogP contribution >= 0.6 is 11.8 Å². The summed E-state index contributed by atoms with van der Waals surface area (Å²) < 4.78 is 12.5. The van der Waals surface area contributed by atoms with E-state index in [4.69, 9.17) is 9.47 Å². The molecular weight excluding hydrogens is 284 g/mol. The molecule has 1 heterocycles. The first-order chi connectivity index (χ1) is 10.1. The summed E-state index contributed by atoms with van der Waals surface area (Å²) in [6, 6.07) is 10.7. The first-order valence-electron chi connectivity index (χ1n) is 6.96. The van der Waals surface area contributed by atoms with Crippen LogP contribution in [0.3, 0.4) is 0 Å². The molecule has 0 aliphatic carbocycles. The average Bonchev–Trinajstić information content (AvgIpc) is 2.97. The minimum absolute atomic E-state index is 0.300. The van der Waals surface area contributed by atoms with Crippen molar-refractivity contribution in [3.8, 4) is 0 Å². The van der Waals surface area contributed by atoms with Crippen LogP contribution in [0.25, 0.3) is 0 Å². The van der Waals surface area contributed by atoms with Crippen molar-refractivity contribution >= 4 is 11.8 Å². The molecule has 1 aromatic heterocycles. The van der Waals surface area contributed by atoms with E-state index in [0.29, 0.717) is 6.04 Å². The minimum Gasteiger partial charge on any atom is -0.352 e. The molecule has 0 aliphatic heterocycles. The van der Waals surface area contributed by atoms with Gasteiger partial charge in [0.25, 0.3) is 0 Å². The van der Waals surface area contributed by atoms with Crippen molar-refractivity contribution in [2.75, 3.05) is 14.2 Å². The van der Waals surface area contributed by atoms with Gasteiger partial charge in [0.2, 0.25) is 0 Å². The van der Waals surface area contributed by atoms with Crippen LogP contribution in [-0.4, -0.2) is 24.0 Å². The van der Waals surface area contributed by atoms with Crippen LogP contribution in [0.4, 0.5) is 0 Å². The van der Waals surface area contributed by atoms with Crippen LogP contribution in [0.5, 0.6) is 0 Å². The predicted octanol–water partition coefficient (Wildman–Crippen LogP) is 4.05. The highest BCUT2D eigenvalue weighted by molar-refractivity contribution is 7.98. The van der Waals surface area contributed by atoms with Crippen molar-refractivity contribution in [3.63, 3.8) is 0 Å². The Labute approximate surface area is 130 Å². The lowest BCUT2D eigenvalue weighted by molar-refractivity contribution is -0.106. The zero-order valence-corrected chi connectivity index (χ0v) is 13.8. The largest absolute Gasteiger partial charge is 0.352 e. The van der Waals surface area contributed by atoms with Gasteiger partial charge in [-0.25, -0.2) is 0 Å². The zero-order chi connectivity index (χ0) is 15.2. The molecule has 0 radical (unpaired) electrons. The Bertz CT molecular complexity index is 548. The lowest BCUT2D eigenvalue weighted by Gasteiger charge is -2.13. The molecule has 0 atom stereocenters. The van der Waals surface area contributed by atoms with E-state index >= 15 is 0 Å². The SMILES string of the molecule is COC(OC)c1ccc(SCc2ccn(C(C)C)n2)cc1. The third-order valence-electron chi connectivity index (χ3n) is 3.16. The second kappa shape index (κ2) is 7.64. The molecule has 0 N–H and O–H groups in total. The van der Waals surface area contributed by atoms with Gasteiger partial charge in [-0.2, -0.15) is 5.10 Å². The zero-order valence-electron chi connectivity index (χ0n) is 12.9. The Morgan fingerprint density at radius 3 is 2.29 bits per heavy atom. The van der Waals surface area contributed by atoms with Crippen molar-refractivity contribution < 1.29 is 9.47 Å². The summed E-state index contributed by atoms with van der Waals surface area (Å²) in [5.41, 5.74) is 2.12. The molecule has 2 rings (SSSR count). The van der Waals surface area contributed by atoms with Crippen molar-refractivity contribution in [2.45, 2.75) is 36.8 Å². The lowest BCUT2D eigenvalue weighted by atomic mass is 10.2. The molecule has 0 spiro atoms. The van der Waals surface area contributed by atoms with Crippen LogP contribution in [0.15, 0.2) is 41.4 Å². The van der Waals surface area contributed by atoms with E-state index in [9.17, 15) is 0 Å². The van der Waals surface area contributed by atoms with Gasteiger partial charge in [0.15, 0.2) is 6.29 Å². The summed E-state index contributed by atoms with van der Waals surface area (Å²) >= 11 is 1.78. The van der Waals surface area contributed by atoms with Crippen molar-refractivity contribution in [1.82, 2.24) is 9.78 Å².